The van der Waals surface area contributed by atoms with E-state index in [1.54, 1.807) is 0 Å². The van der Waals surface area contributed by atoms with Crippen molar-refractivity contribution in [2.45, 2.75) is 52.6 Å². The molecule has 1 saturated carbocycles. The second-order valence-corrected chi connectivity index (χ2v) is 5.29. The number of rotatable bonds is 5. The Hall–Kier alpha value is -0.570. The lowest BCUT2D eigenvalue weighted by molar-refractivity contribution is -0.127. The van der Waals surface area contributed by atoms with Crippen molar-refractivity contribution in [1.29, 1.82) is 0 Å². The van der Waals surface area contributed by atoms with E-state index in [1.165, 1.54) is 25.7 Å². The molecule has 1 amide bonds. The Labute approximate surface area is 98.9 Å². The summed E-state index contributed by atoms with van der Waals surface area (Å²) >= 11 is 0. The van der Waals surface area contributed by atoms with Gasteiger partial charge in [-0.05, 0) is 38.5 Å². The molecule has 0 aromatic carbocycles. The normalized spacial score (nSPS) is 25.8. The first kappa shape index (κ1) is 13.5. The molecule has 0 radical (unpaired) electrons. The van der Waals surface area contributed by atoms with Crippen molar-refractivity contribution in [1.82, 2.24) is 5.32 Å². The summed E-state index contributed by atoms with van der Waals surface area (Å²) in [5, 5.41) is 2.96. The molecule has 0 unspecified atom stereocenters. The minimum absolute atomic E-state index is 0.0207. The summed E-state index contributed by atoms with van der Waals surface area (Å²) < 4.78 is 5.25. The van der Waals surface area contributed by atoms with Gasteiger partial charge in [-0.1, -0.05) is 19.8 Å². The zero-order chi connectivity index (χ0) is 12.0. The van der Waals surface area contributed by atoms with E-state index in [2.05, 4.69) is 12.2 Å². The van der Waals surface area contributed by atoms with E-state index < -0.39 is 0 Å². The minimum atomic E-state index is 0.0207. The van der Waals surface area contributed by atoms with Crippen molar-refractivity contribution in [3.63, 3.8) is 0 Å². The number of nitrogens with one attached hydrogen (secondary N) is 1. The zero-order valence-corrected chi connectivity index (χ0v) is 10.8. The van der Waals surface area contributed by atoms with Crippen LogP contribution in [0, 0.1) is 11.8 Å². The van der Waals surface area contributed by atoms with Gasteiger partial charge in [0.1, 0.15) is 6.61 Å². The Morgan fingerprint density at radius 1 is 1.31 bits per heavy atom. The molecule has 0 atom stereocenters. The van der Waals surface area contributed by atoms with Crippen LogP contribution in [-0.4, -0.2) is 25.2 Å². The van der Waals surface area contributed by atoms with E-state index >= 15 is 0 Å². The van der Waals surface area contributed by atoms with E-state index in [9.17, 15) is 4.79 Å². The van der Waals surface area contributed by atoms with Gasteiger partial charge in [0.2, 0.25) is 5.91 Å². The highest BCUT2D eigenvalue weighted by Crippen LogP contribution is 2.27. The summed E-state index contributed by atoms with van der Waals surface area (Å²) in [5.74, 6) is 1.57. The van der Waals surface area contributed by atoms with Crippen LogP contribution in [0.25, 0.3) is 0 Å². The summed E-state index contributed by atoms with van der Waals surface area (Å²) in [4.78, 5) is 11.4. The van der Waals surface area contributed by atoms with E-state index in [4.69, 9.17) is 4.74 Å². The third kappa shape index (κ3) is 5.50. The number of hydrogen-bond donors (Lipinski definition) is 1. The lowest BCUT2D eigenvalue weighted by atomic mass is 9.83. The Kier molecular flexibility index (Phi) is 5.81. The molecule has 1 fully saturated rings. The van der Waals surface area contributed by atoms with Crippen LogP contribution in [0.15, 0.2) is 0 Å². The maximum absolute atomic E-state index is 11.4. The van der Waals surface area contributed by atoms with Crippen LogP contribution in [0.5, 0.6) is 0 Å². The zero-order valence-electron chi connectivity index (χ0n) is 10.8. The summed E-state index contributed by atoms with van der Waals surface area (Å²) in [6, 6.07) is 0. The molecular weight excluding hydrogens is 202 g/mol. The van der Waals surface area contributed by atoms with Crippen LogP contribution in [0.1, 0.15) is 46.5 Å². The number of hydrogen-bond acceptors (Lipinski definition) is 2. The van der Waals surface area contributed by atoms with Gasteiger partial charge in [0.25, 0.3) is 0 Å². The van der Waals surface area contributed by atoms with Crippen molar-refractivity contribution in [3.8, 4) is 0 Å². The SMILES string of the molecule is CC1CCC(CNC(=O)COC(C)C)CC1. The second kappa shape index (κ2) is 6.89. The highest BCUT2D eigenvalue weighted by Gasteiger charge is 2.18. The van der Waals surface area contributed by atoms with Crippen molar-refractivity contribution in [2.75, 3.05) is 13.2 Å². The predicted octanol–water partition coefficient (Wildman–Crippen LogP) is 2.35. The molecule has 3 nitrogen and oxygen atoms in total. The van der Waals surface area contributed by atoms with E-state index in [0.717, 1.165) is 12.5 Å². The van der Waals surface area contributed by atoms with E-state index in [0.29, 0.717) is 5.92 Å². The fraction of sp³-hybridized carbons (Fsp3) is 0.923. The van der Waals surface area contributed by atoms with Crippen molar-refractivity contribution < 1.29 is 9.53 Å². The van der Waals surface area contributed by atoms with Crippen LogP contribution in [-0.2, 0) is 9.53 Å². The van der Waals surface area contributed by atoms with Gasteiger partial charge in [0.15, 0.2) is 0 Å². The molecule has 16 heavy (non-hydrogen) atoms. The maximum atomic E-state index is 11.4. The van der Waals surface area contributed by atoms with Crippen LogP contribution in [0.3, 0.4) is 0 Å². The average Bonchev–Trinajstić information content (AvgIpc) is 2.25. The molecule has 1 aliphatic carbocycles. The summed E-state index contributed by atoms with van der Waals surface area (Å²) in [5.41, 5.74) is 0. The lowest BCUT2D eigenvalue weighted by Crippen LogP contribution is -2.34. The molecule has 3 heteroatoms. The van der Waals surface area contributed by atoms with Crippen LogP contribution in [0.2, 0.25) is 0 Å². The summed E-state index contributed by atoms with van der Waals surface area (Å²) in [6.07, 6.45) is 5.26. The Morgan fingerprint density at radius 3 is 2.50 bits per heavy atom. The van der Waals surface area contributed by atoms with Gasteiger partial charge in [0.05, 0.1) is 6.10 Å². The van der Waals surface area contributed by atoms with Crippen molar-refractivity contribution >= 4 is 5.91 Å². The Balaban J connectivity index is 2.07. The fourth-order valence-electron chi connectivity index (χ4n) is 2.08. The molecule has 0 aromatic rings. The third-order valence-corrected chi connectivity index (χ3v) is 3.27. The Bertz CT molecular complexity index is 208. The van der Waals surface area contributed by atoms with Gasteiger partial charge in [-0.3, -0.25) is 4.79 Å². The molecule has 0 aliphatic heterocycles. The molecule has 0 saturated heterocycles. The molecule has 1 N–H and O–H groups in total. The number of ether oxygens (including phenoxy) is 1. The average molecular weight is 227 g/mol. The topological polar surface area (TPSA) is 38.3 Å². The first-order valence-corrected chi connectivity index (χ1v) is 6.46. The Morgan fingerprint density at radius 2 is 1.94 bits per heavy atom. The number of carbonyl (C=O) groups is 1. The van der Waals surface area contributed by atoms with Gasteiger partial charge >= 0.3 is 0 Å². The van der Waals surface area contributed by atoms with Crippen molar-refractivity contribution in [3.05, 3.63) is 0 Å². The molecule has 94 valence electrons. The first-order valence-electron chi connectivity index (χ1n) is 6.46. The maximum Gasteiger partial charge on any atom is 0.246 e. The first-order chi connectivity index (χ1) is 7.58. The van der Waals surface area contributed by atoms with Crippen LogP contribution < -0.4 is 5.32 Å². The van der Waals surface area contributed by atoms with Crippen molar-refractivity contribution in [2.24, 2.45) is 11.8 Å². The van der Waals surface area contributed by atoms with Gasteiger partial charge in [0, 0.05) is 6.54 Å². The summed E-state index contributed by atoms with van der Waals surface area (Å²) in [7, 11) is 0. The second-order valence-electron chi connectivity index (χ2n) is 5.29. The van der Waals surface area contributed by atoms with E-state index in [1.807, 2.05) is 13.8 Å². The highest BCUT2D eigenvalue weighted by molar-refractivity contribution is 5.77. The predicted molar refractivity (Wildman–Crippen MR) is 65.2 cm³/mol. The number of amides is 1. The molecule has 0 heterocycles. The highest BCUT2D eigenvalue weighted by atomic mass is 16.5. The number of carbonyl (C=O) groups excluding carboxylic acids is 1. The molecule has 0 aromatic heterocycles. The monoisotopic (exact) mass is 227 g/mol. The smallest absolute Gasteiger partial charge is 0.246 e. The fourth-order valence-corrected chi connectivity index (χ4v) is 2.08. The quantitative estimate of drug-likeness (QED) is 0.783. The van der Waals surface area contributed by atoms with Gasteiger partial charge in [-0.15, -0.1) is 0 Å². The van der Waals surface area contributed by atoms with Gasteiger partial charge < -0.3 is 10.1 Å². The molecule has 1 aliphatic rings. The molecule has 0 spiro atoms. The third-order valence-electron chi connectivity index (χ3n) is 3.27. The van der Waals surface area contributed by atoms with Gasteiger partial charge in [-0.2, -0.15) is 0 Å². The standard InChI is InChI=1S/C13H25NO2/c1-10(2)16-9-13(15)14-8-12-6-4-11(3)5-7-12/h10-12H,4-9H2,1-3H3,(H,14,15). The molecular formula is C13H25NO2. The van der Waals surface area contributed by atoms with E-state index in [-0.39, 0.29) is 18.6 Å². The molecule has 1 rings (SSSR count). The minimum Gasteiger partial charge on any atom is -0.369 e. The van der Waals surface area contributed by atoms with Crippen LogP contribution >= 0.6 is 0 Å². The summed E-state index contributed by atoms with van der Waals surface area (Å²) in [6.45, 7) is 7.21. The van der Waals surface area contributed by atoms with Crippen LogP contribution in [0.4, 0.5) is 0 Å². The largest absolute Gasteiger partial charge is 0.369 e. The molecule has 0 bridgehead atoms. The lowest BCUT2D eigenvalue weighted by Gasteiger charge is -2.26. The van der Waals surface area contributed by atoms with Gasteiger partial charge in [-0.25, -0.2) is 0 Å².